The summed E-state index contributed by atoms with van der Waals surface area (Å²) >= 11 is 0. The van der Waals surface area contributed by atoms with Crippen LogP contribution in [0.25, 0.3) is 11.2 Å². The molecule has 1 N–H and O–H groups in total. The number of carbonyl (C=O) groups excluding carboxylic acids is 2. The number of hydrogen-bond donors (Lipinski definition) is 1. The number of carbonyl (C=O) groups is 2. The van der Waals surface area contributed by atoms with Crippen molar-refractivity contribution in [2.45, 2.75) is 38.9 Å². The molecule has 1 aliphatic heterocycles. The van der Waals surface area contributed by atoms with Crippen molar-refractivity contribution in [1.29, 1.82) is 0 Å². The summed E-state index contributed by atoms with van der Waals surface area (Å²) in [7, 11) is 0. The van der Waals surface area contributed by atoms with E-state index in [0.717, 1.165) is 28.7 Å². The minimum absolute atomic E-state index is 0.141. The predicted molar refractivity (Wildman–Crippen MR) is 143 cm³/mol. The van der Waals surface area contributed by atoms with Crippen LogP contribution >= 0.6 is 0 Å². The minimum atomic E-state index is -0.589. The Balaban J connectivity index is 1.42. The lowest BCUT2D eigenvalue weighted by Crippen LogP contribution is -2.44. The van der Waals surface area contributed by atoms with Gasteiger partial charge in [0.15, 0.2) is 11.2 Å². The molecule has 0 spiro atoms. The van der Waals surface area contributed by atoms with Crippen molar-refractivity contribution in [2.24, 2.45) is 0 Å². The quantitative estimate of drug-likeness (QED) is 0.323. The van der Waals surface area contributed by atoms with E-state index in [-0.39, 0.29) is 23.6 Å². The number of aromatic nitrogens is 4. The number of hydrogen-bond acceptors (Lipinski definition) is 5. The lowest BCUT2D eigenvalue weighted by atomic mass is 10.2. The first-order valence-electron chi connectivity index (χ1n) is 12.8. The van der Waals surface area contributed by atoms with Crippen LogP contribution in [-0.4, -0.2) is 55.0 Å². The SMILES string of the molecule is O=C(Cn1c(=O)c2c(ncn2Cc2ccccc2)n(Cc2ccccc2)c1=O)NCCCN1CCCC1=O. The highest BCUT2D eigenvalue weighted by Gasteiger charge is 2.21. The standard InChI is InChI=1S/C28H30N6O4/c35-23(29-14-8-16-31-15-7-13-24(31)36)19-34-27(37)25-26(30-20-32(25)17-21-9-3-1-4-10-21)33(28(34)38)18-22-11-5-2-6-12-22/h1-6,9-12,20H,7-8,13-19H2,(H,29,35). The Hall–Kier alpha value is -4.47. The van der Waals surface area contributed by atoms with Crippen LogP contribution in [0.3, 0.4) is 0 Å². The molecule has 0 unspecified atom stereocenters. The molecule has 4 aromatic rings. The summed E-state index contributed by atoms with van der Waals surface area (Å²) in [6, 6.07) is 19.1. The fourth-order valence-corrected chi connectivity index (χ4v) is 4.82. The molecule has 3 heterocycles. The fourth-order valence-electron chi connectivity index (χ4n) is 4.82. The zero-order valence-corrected chi connectivity index (χ0v) is 21.1. The first-order valence-corrected chi connectivity index (χ1v) is 12.8. The van der Waals surface area contributed by atoms with E-state index in [1.165, 1.54) is 4.57 Å². The Bertz CT molecular complexity index is 1560. The van der Waals surface area contributed by atoms with Gasteiger partial charge in [0.2, 0.25) is 11.8 Å². The maximum Gasteiger partial charge on any atom is 0.333 e. The maximum absolute atomic E-state index is 13.6. The zero-order chi connectivity index (χ0) is 26.5. The molecule has 196 valence electrons. The zero-order valence-electron chi connectivity index (χ0n) is 21.1. The van der Waals surface area contributed by atoms with E-state index in [2.05, 4.69) is 10.3 Å². The van der Waals surface area contributed by atoms with Crippen LogP contribution in [0.2, 0.25) is 0 Å². The van der Waals surface area contributed by atoms with Crippen molar-refractivity contribution in [2.75, 3.05) is 19.6 Å². The molecule has 2 amide bonds. The summed E-state index contributed by atoms with van der Waals surface area (Å²) in [6.45, 7) is 1.89. The van der Waals surface area contributed by atoms with Gasteiger partial charge in [0, 0.05) is 32.6 Å². The van der Waals surface area contributed by atoms with E-state index >= 15 is 0 Å². The molecular weight excluding hydrogens is 484 g/mol. The highest BCUT2D eigenvalue weighted by Crippen LogP contribution is 2.12. The monoisotopic (exact) mass is 514 g/mol. The Morgan fingerprint density at radius 2 is 1.58 bits per heavy atom. The van der Waals surface area contributed by atoms with Crippen LogP contribution in [0.15, 0.2) is 76.6 Å². The second kappa shape index (κ2) is 11.3. The number of likely N-dealkylation sites (tertiary alicyclic amines) is 1. The van der Waals surface area contributed by atoms with E-state index in [1.807, 2.05) is 60.7 Å². The molecule has 5 rings (SSSR count). The number of imidazole rings is 1. The van der Waals surface area contributed by atoms with Crippen molar-refractivity contribution in [3.8, 4) is 0 Å². The molecule has 1 saturated heterocycles. The van der Waals surface area contributed by atoms with Crippen molar-refractivity contribution >= 4 is 23.0 Å². The van der Waals surface area contributed by atoms with Crippen LogP contribution in [0.5, 0.6) is 0 Å². The molecule has 0 radical (unpaired) electrons. The van der Waals surface area contributed by atoms with Gasteiger partial charge in [-0.3, -0.25) is 19.0 Å². The highest BCUT2D eigenvalue weighted by molar-refractivity contribution is 5.78. The number of nitrogens with one attached hydrogen (secondary N) is 1. The predicted octanol–water partition coefficient (Wildman–Crippen LogP) is 1.58. The molecule has 0 bridgehead atoms. The molecule has 0 saturated carbocycles. The number of fused-ring (bicyclic) bond motifs is 1. The lowest BCUT2D eigenvalue weighted by Gasteiger charge is -2.15. The average molecular weight is 515 g/mol. The van der Waals surface area contributed by atoms with Gasteiger partial charge in [0.1, 0.15) is 6.54 Å². The second-order valence-electron chi connectivity index (χ2n) is 9.46. The Labute approximate surface area is 219 Å². The van der Waals surface area contributed by atoms with Crippen molar-refractivity contribution in [3.05, 3.63) is 99.0 Å². The van der Waals surface area contributed by atoms with Gasteiger partial charge in [-0.1, -0.05) is 60.7 Å². The van der Waals surface area contributed by atoms with E-state index in [4.69, 9.17) is 0 Å². The summed E-state index contributed by atoms with van der Waals surface area (Å²) in [6.07, 6.45) is 3.61. The van der Waals surface area contributed by atoms with Crippen LogP contribution < -0.4 is 16.6 Å². The van der Waals surface area contributed by atoms with Crippen LogP contribution in [-0.2, 0) is 29.2 Å². The van der Waals surface area contributed by atoms with Gasteiger partial charge in [0.05, 0.1) is 12.9 Å². The summed E-state index contributed by atoms with van der Waals surface area (Å²) in [4.78, 5) is 57.8. The van der Waals surface area contributed by atoms with Gasteiger partial charge >= 0.3 is 5.69 Å². The fraction of sp³-hybridized carbons (Fsp3) is 0.321. The Morgan fingerprint density at radius 3 is 2.24 bits per heavy atom. The smallest absolute Gasteiger partial charge is 0.333 e. The van der Waals surface area contributed by atoms with Crippen LogP contribution in [0.1, 0.15) is 30.4 Å². The minimum Gasteiger partial charge on any atom is -0.354 e. The number of benzene rings is 2. The normalized spacial score (nSPS) is 13.4. The van der Waals surface area contributed by atoms with Gasteiger partial charge in [-0.15, -0.1) is 0 Å². The Kier molecular flexibility index (Phi) is 7.48. The van der Waals surface area contributed by atoms with Gasteiger partial charge in [0.25, 0.3) is 5.56 Å². The molecule has 10 nitrogen and oxygen atoms in total. The lowest BCUT2D eigenvalue weighted by molar-refractivity contribution is -0.127. The number of nitrogens with zero attached hydrogens (tertiary/aromatic N) is 5. The average Bonchev–Trinajstić information content (AvgIpc) is 3.54. The molecule has 10 heteroatoms. The molecule has 0 aliphatic carbocycles. The summed E-state index contributed by atoms with van der Waals surface area (Å²) in [5.74, 6) is -0.293. The molecule has 1 aliphatic rings. The number of amides is 2. The largest absolute Gasteiger partial charge is 0.354 e. The van der Waals surface area contributed by atoms with Gasteiger partial charge in [-0.25, -0.2) is 14.3 Å². The highest BCUT2D eigenvalue weighted by atomic mass is 16.2. The molecular formula is C28H30N6O4. The van der Waals surface area contributed by atoms with Crippen molar-refractivity contribution < 1.29 is 9.59 Å². The maximum atomic E-state index is 13.6. The summed E-state index contributed by atoms with van der Waals surface area (Å²) in [5, 5.41) is 2.78. The molecule has 1 fully saturated rings. The first-order chi connectivity index (χ1) is 18.5. The third-order valence-corrected chi connectivity index (χ3v) is 6.76. The van der Waals surface area contributed by atoms with E-state index in [9.17, 15) is 19.2 Å². The van der Waals surface area contributed by atoms with Gasteiger partial charge in [-0.05, 0) is 24.0 Å². The second-order valence-corrected chi connectivity index (χ2v) is 9.46. The van der Waals surface area contributed by atoms with Gasteiger partial charge in [-0.2, -0.15) is 0 Å². The van der Waals surface area contributed by atoms with Crippen LogP contribution in [0, 0.1) is 0 Å². The summed E-state index contributed by atoms with van der Waals surface area (Å²) in [5.41, 5.74) is 1.26. The van der Waals surface area contributed by atoms with Crippen LogP contribution in [0.4, 0.5) is 0 Å². The number of rotatable bonds is 10. The van der Waals surface area contributed by atoms with E-state index in [1.54, 1.807) is 15.8 Å². The molecule has 2 aromatic carbocycles. The molecule has 38 heavy (non-hydrogen) atoms. The first kappa shape index (κ1) is 25.2. The molecule has 0 atom stereocenters. The van der Waals surface area contributed by atoms with E-state index in [0.29, 0.717) is 32.5 Å². The van der Waals surface area contributed by atoms with Crippen molar-refractivity contribution in [1.82, 2.24) is 28.9 Å². The van der Waals surface area contributed by atoms with Gasteiger partial charge < -0.3 is 14.8 Å². The topological polar surface area (TPSA) is 111 Å². The molecule has 2 aromatic heterocycles. The third-order valence-electron chi connectivity index (χ3n) is 6.76. The van der Waals surface area contributed by atoms with Crippen molar-refractivity contribution in [3.63, 3.8) is 0 Å². The Morgan fingerprint density at radius 1 is 0.895 bits per heavy atom. The third kappa shape index (κ3) is 5.44. The summed E-state index contributed by atoms with van der Waals surface area (Å²) < 4.78 is 4.14. The van der Waals surface area contributed by atoms with E-state index < -0.39 is 23.7 Å².